The number of carbonyl (C=O) groups is 1. The number of carbonyl (C=O) groups excluding carboxylic acids is 1. The van der Waals surface area contributed by atoms with Gasteiger partial charge >= 0.3 is 0 Å². The summed E-state index contributed by atoms with van der Waals surface area (Å²) in [4.78, 5) is 14.7. The largest absolute Gasteiger partial charge is 0.385 e. The van der Waals surface area contributed by atoms with Gasteiger partial charge in [0.25, 0.3) is 5.91 Å². The van der Waals surface area contributed by atoms with Crippen molar-refractivity contribution in [1.82, 2.24) is 4.90 Å². The smallest absolute Gasteiger partial charge is 0.256 e. The summed E-state index contributed by atoms with van der Waals surface area (Å²) in [5, 5.41) is 3.85. The van der Waals surface area contributed by atoms with Gasteiger partial charge in [-0.2, -0.15) is 0 Å². The third-order valence-corrected chi connectivity index (χ3v) is 4.58. The number of benzene rings is 1. The third kappa shape index (κ3) is 3.91. The van der Waals surface area contributed by atoms with Gasteiger partial charge < -0.3 is 10.2 Å². The van der Waals surface area contributed by atoms with Gasteiger partial charge in [0, 0.05) is 30.3 Å². The van der Waals surface area contributed by atoms with Gasteiger partial charge in [-0.3, -0.25) is 4.79 Å². The van der Waals surface area contributed by atoms with Crippen LogP contribution in [0.1, 0.15) is 44.0 Å². The van der Waals surface area contributed by atoms with E-state index in [2.05, 4.69) is 19.2 Å². The summed E-state index contributed by atoms with van der Waals surface area (Å²) in [7, 11) is 0. The van der Waals surface area contributed by atoms with Crippen molar-refractivity contribution < 1.29 is 4.79 Å². The zero-order valence-electron chi connectivity index (χ0n) is 13.2. The monoisotopic (exact) mass is 308 g/mol. The van der Waals surface area contributed by atoms with Crippen LogP contribution in [0.15, 0.2) is 18.2 Å². The highest BCUT2D eigenvalue weighted by molar-refractivity contribution is 6.31. The summed E-state index contributed by atoms with van der Waals surface area (Å²) in [6, 6.07) is 5.48. The van der Waals surface area contributed by atoms with Crippen molar-refractivity contribution in [2.45, 2.75) is 33.6 Å². The molecule has 2 rings (SSSR count). The van der Waals surface area contributed by atoms with Gasteiger partial charge in [0.15, 0.2) is 0 Å². The van der Waals surface area contributed by atoms with Crippen LogP contribution in [0.3, 0.4) is 0 Å². The number of anilines is 1. The molecule has 1 aliphatic rings. The number of hydrogen-bond acceptors (Lipinski definition) is 2. The Morgan fingerprint density at radius 3 is 2.62 bits per heavy atom. The molecule has 0 bridgehead atoms. The van der Waals surface area contributed by atoms with Crippen molar-refractivity contribution in [3.63, 3.8) is 0 Å². The molecule has 1 saturated heterocycles. The predicted molar refractivity (Wildman–Crippen MR) is 89.1 cm³/mol. The first-order valence-corrected chi connectivity index (χ1v) is 8.23. The Morgan fingerprint density at radius 2 is 2.05 bits per heavy atom. The van der Waals surface area contributed by atoms with Crippen LogP contribution in [0.25, 0.3) is 0 Å². The average Bonchev–Trinajstić information content (AvgIpc) is 2.48. The second kappa shape index (κ2) is 7.17. The first kappa shape index (κ1) is 16.2. The fourth-order valence-electron chi connectivity index (χ4n) is 2.98. The van der Waals surface area contributed by atoms with Crippen LogP contribution in [-0.2, 0) is 0 Å². The molecular formula is C17H25ClN2O. The van der Waals surface area contributed by atoms with Crippen molar-refractivity contribution >= 4 is 23.2 Å². The van der Waals surface area contributed by atoms with Crippen molar-refractivity contribution in [3.8, 4) is 0 Å². The van der Waals surface area contributed by atoms with Crippen LogP contribution in [0.5, 0.6) is 0 Å². The van der Waals surface area contributed by atoms with E-state index in [1.54, 1.807) is 6.07 Å². The second-order valence-corrected chi connectivity index (χ2v) is 6.53. The summed E-state index contributed by atoms with van der Waals surface area (Å²) >= 11 is 6.07. The van der Waals surface area contributed by atoms with Crippen LogP contribution in [0.2, 0.25) is 5.02 Å². The van der Waals surface area contributed by atoms with E-state index < -0.39 is 0 Å². The summed E-state index contributed by atoms with van der Waals surface area (Å²) in [5.41, 5.74) is 1.56. The maximum Gasteiger partial charge on any atom is 0.256 e. The van der Waals surface area contributed by atoms with Crippen LogP contribution < -0.4 is 5.32 Å². The molecule has 1 amide bonds. The van der Waals surface area contributed by atoms with E-state index in [4.69, 9.17) is 11.6 Å². The van der Waals surface area contributed by atoms with Crippen LogP contribution in [0.4, 0.5) is 5.69 Å². The van der Waals surface area contributed by atoms with Gasteiger partial charge in [-0.15, -0.1) is 0 Å². The summed E-state index contributed by atoms with van der Waals surface area (Å²) in [6.45, 7) is 9.04. The first-order valence-electron chi connectivity index (χ1n) is 7.85. The molecule has 0 unspecified atom stereocenters. The Labute approximate surface area is 132 Å². The van der Waals surface area contributed by atoms with Crippen molar-refractivity contribution in [2.75, 3.05) is 25.0 Å². The number of amides is 1. The molecule has 0 saturated carbocycles. The minimum absolute atomic E-state index is 0.0932. The zero-order chi connectivity index (χ0) is 15.4. The molecular weight excluding hydrogens is 284 g/mol. The molecule has 1 aromatic carbocycles. The van der Waals surface area contributed by atoms with Crippen molar-refractivity contribution in [3.05, 3.63) is 28.8 Å². The van der Waals surface area contributed by atoms with E-state index >= 15 is 0 Å². The molecule has 21 heavy (non-hydrogen) atoms. The molecule has 4 heteroatoms. The Kier molecular flexibility index (Phi) is 5.51. The van der Waals surface area contributed by atoms with Crippen molar-refractivity contribution in [1.29, 1.82) is 0 Å². The van der Waals surface area contributed by atoms with Gasteiger partial charge in [0.05, 0.1) is 5.56 Å². The molecule has 3 nitrogen and oxygen atoms in total. The Morgan fingerprint density at radius 1 is 1.38 bits per heavy atom. The topological polar surface area (TPSA) is 32.3 Å². The summed E-state index contributed by atoms with van der Waals surface area (Å²) in [5.74, 6) is 1.53. The van der Waals surface area contributed by atoms with E-state index in [0.717, 1.165) is 44.1 Å². The number of hydrogen-bond donors (Lipinski definition) is 1. The summed E-state index contributed by atoms with van der Waals surface area (Å²) < 4.78 is 0. The number of piperidine rings is 1. The van der Waals surface area contributed by atoms with Crippen molar-refractivity contribution in [2.24, 2.45) is 11.8 Å². The minimum Gasteiger partial charge on any atom is -0.385 e. The predicted octanol–water partition coefficient (Wildman–Crippen LogP) is 4.28. The van der Waals surface area contributed by atoms with Crippen LogP contribution in [0, 0.1) is 11.8 Å². The van der Waals surface area contributed by atoms with E-state index in [0.29, 0.717) is 16.5 Å². The molecule has 0 spiro atoms. The molecule has 0 radical (unpaired) electrons. The zero-order valence-corrected chi connectivity index (χ0v) is 13.9. The number of halogens is 1. The molecule has 0 atom stereocenters. The van der Waals surface area contributed by atoms with E-state index in [1.807, 2.05) is 24.0 Å². The highest BCUT2D eigenvalue weighted by Gasteiger charge is 2.26. The van der Waals surface area contributed by atoms with Gasteiger partial charge in [-0.1, -0.05) is 25.4 Å². The lowest BCUT2D eigenvalue weighted by atomic mass is 9.86. The average molecular weight is 309 g/mol. The highest BCUT2D eigenvalue weighted by Crippen LogP contribution is 2.27. The fraction of sp³-hybridized carbons (Fsp3) is 0.588. The number of likely N-dealkylation sites (tertiary alicyclic amines) is 1. The SMILES string of the molecule is CCNc1ccc(Cl)cc1C(=O)N1CCC(C(C)C)CC1. The molecule has 1 aromatic rings. The normalized spacial score (nSPS) is 16.3. The second-order valence-electron chi connectivity index (χ2n) is 6.09. The Balaban J connectivity index is 2.12. The lowest BCUT2D eigenvalue weighted by Gasteiger charge is -2.34. The van der Waals surface area contributed by atoms with Gasteiger partial charge in [0.1, 0.15) is 0 Å². The van der Waals surface area contributed by atoms with Gasteiger partial charge in [-0.25, -0.2) is 0 Å². The Bertz CT molecular complexity index is 494. The molecule has 1 aliphatic heterocycles. The number of rotatable bonds is 4. The molecule has 116 valence electrons. The summed E-state index contributed by atoms with van der Waals surface area (Å²) in [6.07, 6.45) is 2.20. The molecule has 1 N–H and O–H groups in total. The van der Waals surface area contributed by atoms with Gasteiger partial charge in [-0.05, 0) is 49.8 Å². The first-order chi connectivity index (χ1) is 10.0. The maximum atomic E-state index is 12.8. The van der Waals surface area contributed by atoms with Gasteiger partial charge in [0.2, 0.25) is 0 Å². The van der Waals surface area contributed by atoms with Crippen LogP contribution in [-0.4, -0.2) is 30.4 Å². The van der Waals surface area contributed by atoms with E-state index in [1.165, 1.54) is 0 Å². The Hall–Kier alpha value is -1.22. The molecule has 1 heterocycles. The van der Waals surface area contributed by atoms with Crippen LogP contribution >= 0.6 is 11.6 Å². The standard InChI is InChI=1S/C17H25ClN2O/c1-4-19-16-6-5-14(18)11-15(16)17(21)20-9-7-13(8-10-20)12(2)3/h5-6,11-13,19H,4,7-10H2,1-3H3. The number of nitrogens with zero attached hydrogens (tertiary/aromatic N) is 1. The third-order valence-electron chi connectivity index (χ3n) is 4.35. The fourth-order valence-corrected chi connectivity index (χ4v) is 3.15. The van der Waals surface area contributed by atoms with E-state index in [9.17, 15) is 4.79 Å². The highest BCUT2D eigenvalue weighted by atomic mass is 35.5. The number of nitrogens with one attached hydrogen (secondary N) is 1. The lowest BCUT2D eigenvalue weighted by molar-refractivity contribution is 0.0668. The quantitative estimate of drug-likeness (QED) is 0.900. The minimum atomic E-state index is 0.0932. The molecule has 1 fully saturated rings. The van der Waals surface area contributed by atoms with E-state index in [-0.39, 0.29) is 5.91 Å². The lowest BCUT2D eigenvalue weighted by Crippen LogP contribution is -2.39. The molecule has 0 aliphatic carbocycles. The molecule has 0 aromatic heterocycles. The maximum absolute atomic E-state index is 12.8.